The van der Waals surface area contributed by atoms with E-state index in [0.717, 1.165) is 25.7 Å². The normalized spacial score (nSPS) is 23.6. The Morgan fingerprint density at radius 2 is 1.89 bits per heavy atom. The zero-order chi connectivity index (χ0) is 13.2. The summed E-state index contributed by atoms with van der Waals surface area (Å²) in [6, 6.07) is 0. The van der Waals surface area contributed by atoms with Gasteiger partial charge in [-0.05, 0) is 31.1 Å². The Morgan fingerprint density at radius 3 is 2.39 bits per heavy atom. The zero-order valence-corrected chi connectivity index (χ0v) is 11.4. The smallest absolute Gasteiger partial charge is 0.126 e. The van der Waals surface area contributed by atoms with Crippen LogP contribution in [0.2, 0.25) is 0 Å². The number of hydrogen-bond acceptors (Lipinski definition) is 4. The summed E-state index contributed by atoms with van der Waals surface area (Å²) in [7, 11) is 1.68. The maximum atomic E-state index is 10.5. The van der Waals surface area contributed by atoms with E-state index in [0.29, 0.717) is 11.1 Å². The Kier molecular flexibility index (Phi) is 3.69. The van der Waals surface area contributed by atoms with Gasteiger partial charge in [0.25, 0.3) is 0 Å². The first kappa shape index (κ1) is 13.4. The average Bonchev–Trinajstić information content (AvgIpc) is 2.40. The van der Waals surface area contributed by atoms with Crippen molar-refractivity contribution in [2.45, 2.75) is 51.2 Å². The van der Waals surface area contributed by atoms with Gasteiger partial charge >= 0.3 is 0 Å². The maximum Gasteiger partial charge on any atom is 0.126 e. The zero-order valence-electron chi connectivity index (χ0n) is 11.4. The Morgan fingerprint density at radius 1 is 1.22 bits per heavy atom. The third-order valence-electron chi connectivity index (χ3n) is 4.22. The van der Waals surface area contributed by atoms with Crippen molar-refractivity contribution in [3.05, 3.63) is 24.3 Å². The number of nitrogens with zero attached hydrogens (tertiary/aromatic N) is 2. The van der Waals surface area contributed by atoms with E-state index in [2.05, 4.69) is 23.8 Å². The second-order valence-corrected chi connectivity index (χ2v) is 5.97. The molecule has 1 fully saturated rings. The lowest BCUT2D eigenvalue weighted by Crippen LogP contribution is -2.44. The Labute approximate surface area is 108 Å². The molecule has 4 heteroatoms. The minimum atomic E-state index is -0.702. The highest BCUT2D eigenvalue weighted by Crippen LogP contribution is 2.46. The molecular weight excluding hydrogens is 228 g/mol. The van der Waals surface area contributed by atoms with Gasteiger partial charge in [-0.2, -0.15) is 0 Å². The molecule has 2 rings (SSSR count). The Balaban J connectivity index is 2.19. The molecule has 1 heterocycles. The van der Waals surface area contributed by atoms with Crippen molar-refractivity contribution >= 4 is 0 Å². The van der Waals surface area contributed by atoms with Crippen LogP contribution in [-0.2, 0) is 4.74 Å². The molecule has 0 aromatic carbocycles. The average molecular weight is 250 g/mol. The molecule has 1 N–H and O–H groups in total. The number of aliphatic hydroxyl groups excluding tert-OH is 1. The minimum Gasteiger partial charge on any atom is -0.384 e. The maximum absolute atomic E-state index is 10.5. The molecule has 1 aromatic rings. The number of ether oxygens (including phenoxy) is 1. The van der Waals surface area contributed by atoms with Crippen molar-refractivity contribution in [2.75, 3.05) is 7.11 Å². The van der Waals surface area contributed by atoms with E-state index in [1.807, 2.05) is 0 Å². The van der Waals surface area contributed by atoms with Crippen LogP contribution in [0.1, 0.15) is 51.3 Å². The third kappa shape index (κ3) is 2.54. The van der Waals surface area contributed by atoms with Crippen molar-refractivity contribution < 1.29 is 9.84 Å². The van der Waals surface area contributed by atoms with E-state index < -0.39 is 11.7 Å². The molecule has 18 heavy (non-hydrogen) atoms. The molecule has 0 spiro atoms. The number of rotatable bonds is 3. The SMILES string of the molecule is COC1(C(O)c2cnccn2)CCC(C)(C)CC1. The lowest BCUT2D eigenvalue weighted by molar-refractivity contribution is -0.139. The summed E-state index contributed by atoms with van der Waals surface area (Å²) < 4.78 is 5.67. The van der Waals surface area contributed by atoms with Gasteiger partial charge in [-0.25, -0.2) is 0 Å². The van der Waals surface area contributed by atoms with Gasteiger partial charge in [-0.15, -0.1) is 0 Å². The summed E-state index contributed by atoms with van der Waals surface area (Å²) in [5.74, 6) is 0. The second-order valence-electron chi connectivity index (χ2n) is 5.97. The largest absolute Gasteiger partial charge is 0.384 e. The van der Waals surface area contributed by atoms with Crippen LogP contribution in [0.3, 0.4) is 0 Å². The van der Waals surface area contributed by atoms with E-state index in [-0.39, 0.29) is 0 Å². The van der Waals surface area contributed by atoms with Crippen molar-refractivity contribution in [1.82, 2.24) is 9.97 Å². The molecule has 0 aliphatic heterocycles. The summed E-state index contributed by atoms with van der Waals surface area (Å²) >= 11 is 0. The molecular formula is C14H22N2O2. The van der Waals surface area contributed by atoms with Gasteiger partial charge in [0.2, 0.25) is 0 Å². The van der Waals surface area contributed by atoms with Crippen LogP contribution < -0.4 is 0 Å². The van der Waals surface area contributed by atoms with Gasteiger partial charge in [0.15, 0.2) is 0 Å². The summed E-state index contributed by atoms with van der Waals surface area (Å²) in [5.41, 5.74) is 0.425. The number of aliphatic hydroxyl groups is 1. The highest BCUT2D eigenvalue weighted by atomic mass is 16.5. The molecule has 0 amide bonds. The van der Waals surface area contributed by atoms with Crippen LogP contribution in [-0.4, -0.2) is 27.8 Å². The van der Waals surface area contributed by atoms with Crippen LogP contribution in [0.5, 0.6) is 0 Å². The van der Waals surface area contributed by atoms with E-state index in [4.69, 9.17) is 4.74 Å². The fourth-order valence-corrected chi connectivity index (χ4v) is 2.66. The third-order valence-corrected chi connectivity index (χ3v) is 4.22. The number of hydrogen-bond donors (Lipinski definition) is 1. The molecule has 1 atom stereocenters. The van der Waals surface area contributed by atoms with Crippen LogP contribution in [0.4, 0.5) is 0 Å². The summed E-state index contributed by atoms with van der Waals surface area (Å²) in [6.07, 6.45) is 7.95. The quantitative estimate of drug-likeness (QED) is 0.895. The van der Waals surface area contributed by atoms with E-state index >= 15 is 0 Å². The van der Waals surface area contributed by atoms with Crippen molar-refractivity contribution in [1.29, 1.82) is 0 Å². The summed E-state index contributed by atoms with van der Waals surface area (Å²) in [6.45, 7) is 4.53. The second kappa shape index (κ2) is 4.94. The molecule has 1 aromatic heterocycles. The first-order chi connectivity index (χ1) is 8.49. The fourth-order valence-electron chi connectivity index (χ4n) is 2.66. The van der Waals surface area contributed by atoms with E-state index in [1.165, 1.54) is 0 Å². The summed E-state index contributed by atoms with van der Waals surface area (Å²) in [4.78, 5) is 8.21. The van der Waals surface area contributed by atoms with Crippen LogP contribution in [0, 0.1) is 5.41 Å². The number of methoxy groups -OCH3 is 1. The predicted octanol–water partition coefficient (Wildman–Crippen LogP) is 2.50. The first-order valence-corrected chi connectivity index (χ1v) is 6.48. The lowest BCUT2D eigenvalue weighted by Gasteiger charge is -2.44. The summed E-state index contributed by atoms with van der Waals surface area (Å²) in [5, 5.41) is 10.5. The van der Waals surface area contributed by atoms with Crippen molar-refractivity contribution in [2.24, 2.45) is 5.41 Å². The van der Waals surface area contributed by atoms with Gasteiger partial charge in [0.1, 0.15) is 6.10 Å². The van der Waals surface area contributed by atoms with Gasteiger partial charge < -0.3 is 9.84 Å². The lowest BCUT2D eigenvalue weighted by atomic mass is 9.68. The monoisotopic (exact) mass is 250 g/mol. The van der Waals surface area contributed by atoms with Gasteiger partial charge in [-0.1, -0.05) is 13.8 Å². The molecule has 100 valence electrons. The van der Waals surface area contributed by atoms with Gasteiger partial charge in [0, 0.05) is 19.5 Å². The van der Waals surface area contributed by atoms with Crippen molar-refractivity contribution in [3.8, 4) is 0 Å². The Hall–Kier alpha value is -1.00. The highest BCUT2D eigenvalue weighted by molar-refractivity contribution is 5.08. The molecule has 1 unspecified atom stereocenters. The molecule has 4 nitrogen and oxygen atoms in total. The number of aromatic nitrogens is 2. The Bertz CT molecular complexity index is 382. The van der Waals surface area contributed by atoms with Crippen LogP contribution in [0.25, 0.3) is 0 Å². The predicted molar refractivity (Wildman–Crippen MR) is 69.0 cm³/mol. The van der Waals surface area contributed by atoms with Crippen LogP contribution in [0.15, 0.2) is 18.6 Å². The molecule has 1 aliphatic rings. The van der Waals surface area contributed by atoms with Crippen LogP contribution >= 0.6 is 0 Å². The highest BCUT2D eigenvalue weighted by Gasteiger charge is 2.44. The fraction of sp³-hybridized carbons (Fsp3) is 0.714. The topological polar surface area (TPSA) is 55.2 Å². The minimum absolute atomic E-state index is 0.337. The standard InChI is InChI=1S/C14H22N2O2/c1-13(2)4-6-14(18-3,7-5-13)12(17)11-10-15-8-9-16-11/h8-10,12,17H,4-7H2,1-3H3. The van der Waals surface area contributed by atoms with Gasteiger partial charge in [-0.3, -0.25) is 9.97 Å². The van der Waals surface area contributed by atoms with Gasteiger partial charge in [0.05, 0.1) is 17.5 Å². The molecule has 0 bridgehead atoms. The molecule has 1 saturated carbocycles. The van der Waals surface area contributed by atoms with E-state index in [1.54, 1.807) is 25.7 Å². The molecule has 0 saturated heterocycles. The van der Waals surface area contributed by atoms with E-state index in [9.17, 15) is 5.11 Å². The molecule has 0 radical (unpaired) electrons. The molecule has 1 aliphatic carbocycles. The first-order valence-electron chi connectivity index (χ1n) is 6.48. The van der Waals surface area contributed by atoms with Crippen molar-refractivity contribution in [3.63, 3.8) is 0 Å².